The Labute approximate surface area is 155 Å². The Hall–Kier alpha value is -3.12. The van der Waals surface area contributed by atoms with E-state index in [4.69, 9.17) is 0 Å². The fourth-order valence-corrected chi connectivity index (χ4v) is 3.83. The Kier molecular flexibility index (Phi) is 4.18. The third kappa shape index (κ3) is 2.95. The number of hydrogen-bond acceptors (Lipinski definition) is 3. The van der Waals surface area contributed by atoms with Gasteiger partial charge in [0, 0.05) is 53.6 Å². The zero-order valence-electron chi connectivity index (χ0n) is 14.5. The molecule has 2 amide bonds. The summed E-state index contributed by atoms with van der Waals surface area (Å²) in [4.78, 5) is 22.0. The number of nitrogens with one attached hydrogen (secondary N) is 2. The van der Waals surface area contributed by atoms with Gasteiger partial charge in [0.2, 0.25) is 0 Å². The summed E-state index contributed by atoms with van der Waals surface area (Å²) in [5.74, 6) is 0. The zero-order valence-corrected chi connectivity index (χ0v) is 15.3. The predicted molar refractivity (Wildman–Crippen MR) is 108 cm³/mol. The predicted octanol–water partition coefficient (Wildman–Crippen LogP) is 5.05. The Bertz CT molecular complexity index is 1060. The van der Waals surface area contributed by atoms with E-state index >= 15 is 0 Å². The lowest BCUT2D eigenvalue weighted by atomic mass is 10.0. The first-order valence-corrected chi connectivity index (χ1v) is 9.10. The van der Waals surface area contributed by atoms with E-state index in [-0.39, 0.29) is 6.03 Å². The highest BCUT2D eigenvalue weighted by molar-refractivity contribution is 7.14. The van der Waals surface area contributed by atoms with Crippen molar-refractivity contribution in [2.24, 2.45) is 0 Å². The van der Waals surface area contributed by atoms with E-state index in [1.54, 1.807) is 25.4 Å². The summed E-state index contributed by atoms with van der Waals surface area (Å²) in [5, 5.41) is 6.08. The summed E-state index contributed by atoms with van der Waals surface area (Å²) < 4.78 is 0. The molecular weight excluding hydrogens is 344 g/mol. The van der Waals surface area contributed by atoms with Crippen LogP contribution in [0.15, 0.2) is 60.2 Å². The summed E-state index contributed by atoms with van der Waals surface area (Å²) in [5.41, 5.74) is 5.13. The number of aromatic nitrogens is 2. The average molecular weight is 362 g/mol. The lowest BCUT2D eigenvalue weighted by molar-refractivity contribution is 0.230. The van der Waals surface area contributed by atoms with Crippen LogP contribution in [0, 0.1) is 0 Å². The van der Waals surface area contributed by atoms with E-state index in [1.165, 1.54) is 20.9 Å². The maximum Gasteiger partial charge on any atom is 0.321 e. The van der Waals surface area contributed by atoms with Crippen LogP contribution in [0.4, 0.5) is 10.5 Å². The van der Waals surface area contributed by atoms with Gasteiger partial charge in [-0.1, -0.05) is 12.1 Å². The van der Waals surface area contributed by atoms with Crippen LogP contribution < -0.4 is 5.32 Å². The summed E-state index contributed by atoms with van der Waals surface area (Å²) in [6.07, 6.45) is 3.74. The molecule has 3 aromatic heterocycles. The van der Waals surface area contributed by atoms with Crippen molar-refractivity contribution in [2.45, 2.75) is 0 Å². The monoisotopic (exact) mass is 362 g/mol. The zero-order chi connectivity index (χ0) is 18.1. The fraction of sp³-hybridized carbons (Fsp3) is 0.100. The molecule has 0 saturated heterocycles. The fourth-order valence-electron chi connectivity index (χ4n) is 2.87. The van der Waals surface area contributed by atoms with Crippen molar-refractivity contribution < 1.29 is 4.79 Å². The molecule has 26 heavy (non-hydrogen) atoms. The molecule has 130 valence electrons. The van der Waals surface area contributed by atoms with E-state index < -0.39 is 0 Å². The van der Waals surface area contributed by atoms with Gasteiger partial charge >= 0.3 is 6.03 Å². The van der Waals surface area contributed by atoms with Gasteiger partial charge < -0.3 is 15.2 Å². The molecule has 1 aromatic carbocycles. The van der Waals surface area contributed by atoms with E-state index in [1.807, 2.05) is 36.7 Å². The topological polar surface area (TPSA) is 61.0 Å². The molecule has 0 unspecified atom stereocenters. The highest BCUT2D eigenvalue weighted by Gasteiger charge is 2.13. The standard InChI is InChI=1S/C20H18N4OS/c1-24(2)20(25)23-14-5-3-13(4-6-14)15-9-12-26-18(15)16-7-10-21-19-17(16)8-11-22-19/h3-12H,1-2H3,(H,21,22)(H,23,25). The molecule has 4 rings (SSSR count). The molecule has 0 saturated carbocycles. The van der Waals surface area contributed by atoms with Crippen LogP contribution in [-0.2, 0) is 0 Å². The largest absolute Gasteiger partial charge is 0.346 e. The molecule has 0 fully saturated rings. The van der Waals surface area contributed by atoms with Crippen molar-refractivity contribution in [2.75, 3.05) is 19.4 Å². The molecule has 0 aliphatic heterocycles. The number of thiophene rings is 1. The Balaban J connectivity index is 1.69. The van der Waals surface area contributed by atoms with Crippen LogP contribution in [0.2, 0.25) is 0 Å². The number of nitrogens with zero attached hydrogens (tertiary/aromatic N) is 2. The Morgan fingerprint density at radius 3 is 2.65 bits per heavy atom. The van der Waals surface area contributed by atoms with Gasteiger partial charge in [-0.25, -0.2) is 9.78 Å². The van der Waals surface area contributed by atoms with Crippen molar-refractivity contribution in [1.29, 1.82) is 0 Å². The minimum absolute atomic E-state index is 0.138. The van der Waals surface area contributed by atoms with Gasteiger partial charge in [-0.2, -0.15) is 0 Å². The van der Waals surface area contributed by atoms with Crippen LogP contribution in [-0.4, -0.2) is 35.0 Å². The Morgan fingerprint density at radius 1 is 1.08 bits per heavy atom. The summed E-state index contributed by atoms with van der Waals surface area (Å²) in [6, 6.07) is 14.0. The SMILES string of the molecule is CN(C)C(=O)Nc1ccc(-c2ccsc2-c2ccnc3[nH]ccc23)cc1. The minimum Gasteiger partial charge on any atom is -0.346 e. The van der Waals surface area contributed by atoms with Crippen LogP contribution in [0.5, 0.6) is 0 Å². The summed E-state index contributed by atoms with van der Waals surface area (Å²) in [6.45, 7) is 0. The van der Waals surface area contributed by atoms with Crippen LogP contribution >= 0.6 is 11.3 Å². The molecular formula is C20H18N4OS. The number of urea groups is 1. The number of amides is 2. The number of hydrogen-bond donors (Lipinski definition) is 2. The summed E-state index contributed by atoms with van der Waals surface area (Å²) in [7, 11) is 3.44. The number of carbonyl (C=O) groups is 1. The number of benzene rings is 1. The maximum absolute atomic E-state index is 11.8. The first kappa shape index (κ1) is 16.4. The van der Waals surface area contributed by atoms with Gasteiger partial charge in [0.05, 0.1) is 0 Å². The van der Waals surface area contributed by atoms with E-state index in [9.17, 15) is 4.79 Å². The smallest absolute Gasteiger partial charge is 0.321 e. The molecule has 4 aromatic rings. The number of aromatic amines is 1. The van der Waals surface area contributed by atoms with Gasteiger partial charge in [-0.3, -0.25) is 0 Å². The number of H-pyrrole nitrogens is 1. The molecule has 0 aliphatic rings. The molecule has 0 atom stereocenters. The Morgan fingerprint density at radius 2 is 1.88 bits per heavy atom. The molecule has 0 bridgehead atoms. The van der Waals surface area contributed by atoms with Crippen molar-refractivity contribution in [3.63, 3.8) is 0 Å². The maximum atomic E-state index is 11.8. The first-order chi connectivity index (χ1) is 12.6. The van der Waals surface area contributed by atoms with Gasteiger partial charge in [0.15, 0.2) is 0 Å². The highest BCUT2D eigenvalue weighted by atomic mass is 32.1. The lowest BCUT2D eigenvalue weighted by Gasteiger charge is -2.12. The first-order valence-electron chi connectivity index (χ1n) is 8.22. The second-order valence-electron chi connectivity index (χ2n) is 6.16. The number of fused-ring (bicyclic) bond motifs is 1. The molecule has 0 spiro atoms. The normalized spacial score (nSPS) is 10.8. The van der Waals surface area contributed by atoms with Crippen LogP contribution in [0.25, 0.3) is 32.6 Å². The second-order valence-corrected chi connectivity index (χ2v) is 7.08. The van der Waals surface area contributed by atoms with Gasteiger partial charge in [-0.05, 0) is 41.3 Å². The van der Waals surface area contributed by atoms with E-state index in [2.05, 4.69) is 38.9 Å². The third-order valence-corrected chi connectivity index (χ3v) is 5.17. The van der Waals surface area contributed by atoms with Crippen LogP contribution in [0.1, 0.15) is 0 Å². The average Bonchev–Trinajstić information content (AvgIpc) is 3.31. The molecule has 2 N–H and O–H groups in total. The van der Waals surface area contributed by atoms with E-state index in [0.29, 0.717) is 0 Å². The van der Waals surface area contributed by atoms with Crippen molar-refractivity contribution in [3.05, 3.63) is 60.2 Å². The summed E-state index contributed by atoms with van der Waals surface area (Å²) >= 11 is 1.72. The van der Waals surface area contributed by atoms with Gasteiger partial charge in [0.1, 0.15) is 5.65 Å². The van der Waals surface area contributed by atoms with Gasteiger partial charge in [-0.15, -0.1) is 11.3 Å². The van der Waals surface area contributed by atoms with Crippen molar-refractivity contribution in [3.8, 4) is 21.6 Å². The number of rotatable bonds is 3. The van der Waals surface area contributed by atoms with Crippen molar-refractivity contribution in [1.82, 2.24) is 14.9 Å². The third-order valence-electron chi connectivity index (χ3n) is 4.22. The number of carbonyl (C=O) groups excluding carboxylic acids is 1. The quantitative estimate of drug-likeness (QED) is 0.536. The molecule has 0 aliphatic carbocycles. The number of anilines is 1. The minimum atomic E-state index is -0.138. The van der Waals surface area contributed by atoms with E-state index in [0.717, 1.165) is 22.3 Å². The highest BCUT2D eigenvalue weighted by Crippen LogP contribution is 2.39. The number of pyridine rings is 1. The molecule has 5 nitrogen and oxygen atoms in total. The van der Waals surface area contributed by atoms with Gasteiger partial charge in [0.25, 0.3) is 0 Å². The lowest BCUT2D eigenvalue weighted by Crippen LogP contribution is -2.27. The second kappa shape index (κ2) is 6.65. The molecule has 0 radical (unpaired) electrons. The van der Waals surface area contributed by atoms with Crippen molar-refractivity contribution >= 4 is 34.1 Å². The van der Waals surface area contributed by atoms with Crippen LogP contribution in [0.3, 0.4) is 0 Å². The molecule has 6 heteroatoms. The molecule has 3 heterocycles.